The average molecular weight is 304 g/mol. The standard InChI is InChI=1S/C14H19Cl2NO2/c1-2-11(17)6-9-5-10(15)7-13(16)14(9)19-12-3-4-18-8-12/h5,7,11-12H,2-4,6,8,17H2,1H3. The lowest BCUT2D eigenvalue weighted by atomic mass is 10.0. The largest absolute Gasteiger partial charge is 0.486 e. The monoisotopic (exact) mass is 303 g/mol. The lowest BCUT2D eigenvalue weighted by Crippen LogP contribution is -2.23. The van der Waals surface area contributed by atoms with Gasteiger partial charge in [-0.3, -0.25) is 0 Å². The van der Waals surface area contributed by atoms with Crippen LogP contribution in [0.5, 0.6) is 5.75 Å². The fourth-order valence-electron chi connectivity index (χ4n) is 2.10. The van der Waals surface area contributed by atoms with Crippen LogP contribution in [0.3, 0.4) is 0 Å². The zero-order chi connectivity index (χ0) is 13.8. The Morgan fingerprint density at radius 2 is 2.26 bits per heavy atom. The molecule has 1 heterocycles. The maximum Gasteiger partial charge on any atom is 0.141 e. The highest BCUT2D eigenvalue weighted by atomic mass is 35.5. The van der Waals surface area contributed by atoms with Crippen molar-refractivity contribution in [1.29, 1.82) is 0 Å². The van der Waals surface area contributed by atoms with Gasteiger partial charge in [-0.2, -0.15) is 0 Å². The second-order valence-electron chi connectivity index (χ2n) is 4.85. The second kappa shape index (κ2) is 6.80. The van der Waals surface area contributed by atoms with E-state index in [4.69, 9.17) is 38.4 Å². The first kappa shape index (κ1) is 14.9. The van der Waals surface area contributed by atoms with Crippen molar-refractivity contribution < 1.29 is 9.47 Å². The van der Waals surface area contributed by atoms with Gasteiger partial charge in [-0.15, -0.1) is 0 Å². The van der Waals surface area contributed by atoms with Gasteiger partial charge in [0.05, 0.1) is 18.2 Å². The molecular weight excluding hydrogens is 285 g/mol. The minimum atomic E-state index is 0.0651. The van der Waals surface area contributed by atoms with Crippen molar-refractivity contribution >= 4 is 23.2 Å². The van der Waals surface area contributed by atoms with Gasteiger partial charge in [-0.05, 0) is 30.5 Å². The van der Waals surface area contributed by atoms with Crippen molar-refractivity contribution in [3.63, 3.8) is 0 Å². The molecule has 19 heavy (non-hydrogen) atoms. The highest BCUT2D eigenvalue weighted by Crippen LogP contribution is 2.34. The third-order valence-corrected chi connectivity index (χ3v) is 3.76. The summed E-state index contributed by atoms with van der Waals surface area (Å²) in [4.78, 5) is 0. The van der Waals surface area contributed by atoms with E-state index < -0.39 is 0 Å². The van der Waals surface area contributed by atoms with Crippen molar-refractivity contribution in [1.82, 2.24) is 0 Å². The maximum absolute atomic E-state index is 6.25. The molecule has 2 atom stereocenters. The lowest BCUT2D eigenvalue weighted by molar-refractivity contribution is 0.140. The zero-order valence-electron chi connectivity index (χ0n) is 11.0. The highest BCUT2D eigenvalue weighted by molar-refractivity contribution is 6.35. The van der Waals surface area contributed by atoms with Crippen molar-refractivity contribution in [2.45, 2.75) is 38.3 Å². The Labute approximate surface area is 124 Å². The SMILES string of the molecule is CCC(N)Cc1cc(Cl)cc(Cl)c1OC1CCOC1. The van der Waals surface area contributed by atoms with E-state index in [1.54, 1.807) is 6.07 Å². The van der Waals surface area contributed by atoms with Crippen LogP contribution in [0.25, 0.3) is 0 Å². The Kier molecular flexibility index (Phi) is 5.34. The number of hydrogen-bond acceptors (Lipinski definition) is 3. The maximum atomic E-state index is 6.25. The molecule has 5 heteroatoms. The number of ether oxygens (including phenoxy) is 2. The third kappa shape index (κ3) is 3.99. The number of halogens is 2. The minimum absolute atomic E-state index is 0.0651. The van der Waals surface area contributed by atoms with E-state index in [9.17, 15) is 0 Å². The topological polar surface area (TPSA) is 44.5 Å². The van der Waals surface area contributed by atoms with E-state index in [-0.39, 0.29) is 12.1 Å². The number of nitrogens with two attached hydrogens (primary N) is 1. The van der Waals surface area contributed by atoms with Crippen LogP contribution < -0.4 is 10.5 Å². The molecule has 3 nitrogen and oxygen atoms in total. The van der Waals surface area contributed by atoms with Gasteiger partial charge in [0, 0.05) is 17.5 Å². The molecule has 1 aliphatic heterocycles. The van der Waals surface area contributed by atoms with Gasteiger partial charge in [0.2, 0.25) is 0 Å². The first-order valence-electron chi connectivity index (χ1n) is 6.58. The Morgan fingerprint density at radius 3 is 2.89 bits per heavy atom. The summed E-state index contributed by atoms with van der Waals surface area (Å²) in [5.74, 6) is 0.700. The normalized spacial score (nSPS) is 20.5. The summed E-state index contributed by atoms with van der Waals surface area (Å²) < 4.78 is 11.3. The minimum Gasteiger partial charge on any atom is -0.486 e. The van der Waals surface area contributed by atoms with Gasteiger partial charge < -0.3 is 15.2 Å². The zero-order valence-corrected chi connectivity index (χ0v) is 12.5. The summed E-state index contributed by atoms with van der Waals surface area (Å²) in [6.45, 7) is 3.40. The number of rotatable bonds is 5. The predicted octanol–water partition coefficient (Wildman–Crippen LogP) is 3.44. The second-order valence-corrected chi connectivity index (χ2v) is 5.70. The summed E-state index contributed by atoms with van der Waals surface area (Å²) >= 11 is 12.3. The van der Waals surface area contributed by atoms with E-state index in [0.29, 0.717) is 28.8 Å². The molecule has 1 aromatic carbocycles. The van der Waals surface area contributed by atoms with Crippen LogP contribution in [-0.2, 0) is 11.2 Å². The molecule has 0 radical (unpaired) electrons. The Bertz CT molecular complexity index is 434. The first-order valence-corrected chi connectivity index (χ1v) is 7.33. The predicted molar refractivity (Wildman–Crippen MR) is 78.3 cm³/mol. The van der Waals surface area contributed by atoms with Gasteiger partial charge in [-0.1, -0.05) is 30.1 Å². The van der Waals surface area contributed by atoms with E-state index in [0.717, 1.165) is 25.0 Å². The molecule has 1 saturated heterocycles. The van der Waals surface area contributed by atoms with Crippen LogP contribution in [0.15, 0.2) is 12.1 Å². The number of hydrogen-bond donors (Lipinski definition) is 1. The van der Waals surface area contributed by atoms with Crippen molar-refractivity contribution in [2.75, 3.05) is 13.2 Å². The molecule has 1 aliphatic rings. The van der Waals surface area contributed by atoms with E-state index >= 15 is 0 Å². The molecule has 0 saturated carbocycles. The molecule has 0 spiro atoms. The quantitative estimate of drug-likeness (QED) is 0.906. The van der Waals surface area contributed by atoms with Gasteiger partial charge in [-0.25, -0.2) is 0 Å². The Morgan fingerprint density at radius 1 is 1.47 bits per heavy atom. The molecule has 2 rings (SSSR count). The average Bonchev–Trinajstić information content (AvgIpc) is 2.86. The lowest BCUT2D eigenvalue weighted by Gasteiger charge is -2.19. The third-order valence-electron chi connectivity index (χ3n) is 3.26. The van der Waals surface area contributed by atoms with Crippen LogP contribution in [0.2, 0.25) is 10.0 Å². The Hall–Kier alpha value is -0.480. The molecule has 106 valence electrons. The van der Waals surface area contributed by atoms with Crippen LogP contribution in [0.1, 0.15) is 25.3 Å². The number of benzene rings is 1. The Balaban J connectivity index is 2.22. The highest BCUT2D eigenvalue weighted by Gasteiger charge is 2.21. The summed E-state index contributed by atoms with van der Waals surface area (Å²) in [6.07, 6.45) is 2.56. The van der Waals surface area contributed by atoms with Crippen LogP contribution in [0, 0.1) is 0 Å². The molecule has 0 aromatic heterocycles. The summed E-state index contributed by atoms with van der Waals surface area (Å²) in [5.41, 5.74) is 6.99. The van der Waals surface area contributed by atoms with Crippen LogP contribution in [-0.4, -0.2) is 25.4 Å². The van der Waals surface area contributed by atoms with Crippen molar-refractivity contribution in [2.24, 2.45) is 5.73 Å². The van der Waals surface area contributed by atoms with Crippen molar-refractivity contribution in [3.8, 4) is 5.75 Å². The smallest absolute Gasteiger partial charge is 0.141 e. The van der Waals surface area contributed by atoms with E-state index in [2.05, 4.69) is 6.92 Å². The summed E-state index contributed by atoms with van der Waals surface area (Å²) in [6, 6.07) is 3.67. The van der Waals surface area contributed by atoms with Gasteiger partial charge in [0.1, 0.15) is 11.9 Å². The van der Waals surface area contributed by atoms with Gasteiger partial charge >= 0.3 is 0 Å². The summed E-state index contributed by atoms with van der Waals surface area (Å²) in [5, 5.41) is 1.15. The van der Waals surface area contributed by atoms with Gasteiger partial charge in [0.15, 0.2) is 0 Å². The molecule has 0 bridgehead atoms. The van der Waals surface area contributed by atoms with Gasteiger partial charge in [0.25, 0.3) is 0 Å². The van der Waals surface area contributed by atoms with Crippen molar-refractivity contribution in [3.05, 3.63) is 27.7 Å². The molecular formula is C14H19Cl2NO2. The fraction of sp³-hybridized carbons (Fsp3) is 0.571. The molecule has 0 amide bonds. The van der Waals surface area contributed by atoms with Crippen LogP contribution >= 0.6 is 23.2 Å². The van der Waals surface area contributed by atoms with E-state index in [1.165, 1.54) is 0 Å². The molecule has 0 aliphatic carbocycles. The molecule has 1 aromatic rings. The molecule has 2 unspecified atom stereocenters. The summed E-state index contributed by atoms with van der Waals surface area (Å²) in [7, 11) is 0. The van der Waals surface area contributed by atoms with E-state index in [1.807, 2.05) is 6.07 Å². The first-order chi connectivity index (χ1) is 9.10. The molecule has 1 fully saturated rings. The van der Waals surface area contributed by atoms with Crippen LogP contribution in [0.4, 0.5) is 0 Å². The fourth-order valence-corrected chi connectivity index (χ4v) is 2.68. The molecule has 2 N–H and O–H groups in total.